The molecule has 2 N–H and O–H groups in total. The highest BCUT2D eigenvalue weighted by atomic mass is 19.1. The molecule has 172 valence electrons. The van der Waals surface area contributed by atoms with Gasteiger partial charge >= 0.3 is 0 Å². The van der Waals surface area contributed by atoms with E-state index in [1.54, 1.807) is 41.4 Å². The van der Waals surface area contributed by atoms with Crippen LogP contribution in [0.15, 0.2) is 72.9 Å². The fourth-order valence-corrected chi connectivity index (χ4v) is 4.56. The SMILES string of the molecule is O=C1Cc2cnc(Nc3ccc(C(=O)N4CCc5cc(F)ccc54)cc3)nc2-c2ccccc2N1. The van der Waals surface area contributed by atoms with E-state index in [0.29, 0.717) is 30.2 Å². The van der Waals surface area contributed by atoms with Gasteiger partial charge in [-0.1, -0.05) is 18.2 Å². The summed E-state index contributed by atoms with van der Waals surface area (Å²) in [6.45, 7) is 0.527. The molecule has 0 atom stereocenters. The fraction of sp³-hybridized carbons (Fsp3) is 0.111. The minimum Gasteiger partial charge on any atom is -0.325 e. The standard InChI is InChI=1S/C27H20FN5O2/c28-19-7-10-23-17(13-19)11-12-33(23)26(35)16-5-8-20(9-6-16)30-27-29-15-18-14-24(34)31-22-4-2-1-3-21(22)25(18)32-27/h1-10,13,15H,11-12,14H2,(H,31,34)(H,29,30,32). The number of amides is 2. The molecule has 0 spiro atoms. The first-order valence-corrected chi connectivity index (χ1v) is 11.3. The Morgan fingerprint density at radius 3 is 2.71 bits per heavy atom. The zero-order valence-corrected chi connectivity index (χ0v) is 18.6. The number of hydrogen-bond donors (Lipinski definition) is 2. The molecular formula is C27H20FN5O2. The Balaban J connectivity index is 1.23. The molecule has 0 saturated heterocycles. The first-order chi connectivity index (χ1) is 17.0. The van der Waals surface area contributed by atoms with E-state index in [0.717, 1.165) is 33.8 Å². The van der Waals surface area contributed by atoms with Crippen molar-refractivity contribution in [3.05, 3.63) is 95.4 Å². The third-order valence-electron chi connectivity index (χ3n) is 6.24. The smallest absolute Gasteiger partial charge is 0.258 e. The molecule has 1 aromatic heterocycles. The van der Waals surface area contributed by atoms with Crippen LogP contribution < -0.4 is 15.5 Å². The van der Waals surface area contributed by atoms with Crippen LogP contribution in [0.25, 0.3) is 11.3 Å². The van der Waals surface area contributed by atoms with Gasteiger partial charge in [-0.15, -0.1) is 0 Å². The van der Waals surface area contributed by atoms with E-state index in [9.17, 15) is 14.0 Å². The van der Waals surface area contributed by atoms with Crippen molar-refractivity contribution in [2.75, 3.05) is 22.1 Å². The monoisotopic (exact) mass is 465 g/mol. The summed E-state index contributed by atoms with van der Waals surface area (Å²) >= 11 is 0. The van der Waals surface area contributed by atoms with Crippen LogP contribution in [0.3, 0.4) is 0 Å². The van der Waals surface area contributed by atoms with Crippen LogP contribution >= 0.6 is 0 Å². The molecule has 35 heavy (non-hydrogen) atoms. The zero-order chi connectivity index (χ0) is 23.9. The Morgan fingerprint density at radius 1 is 1.03 bits per heavy atom. The van der Waals surface area contributed by atoms with E-state index in [2.05, 4.69) is 20.6 Å². The number of carbonyl (C=O) groups is 2. The van der Waals surface area contributed by atoms with Crippen molar-refractivity contribution in [3.8, 4) is 11.3 Å². The molecule has 8 heteroatoms. The van der Waals surface area contributed by atoms with Crippen molar-refractivity contribution in [1.82, 2.24) is 9.97 Å². The van der Waals surface area contributed by atoms with Crippen LogP contribution in [0, 0.1) is 5.82 Å². The van der Waals surface area contributed by atoms with Crippen LogP contribution in [-0.2, 0) is 17.6 Å². The van der Waals surface area contributed by atoms with E-state index in [1.165, 1.54) is 12.1 Å². The highest BCUT2D eigenvalue weighted by molar-refractivity contribution is 6.07. The minimum absolute atomic E-state index is 0.105. The number of nitrogens with one attached hydrogen (secondary N) is 2. The molecule has 2 aliphatic rings. The number of aromatic nitrogens is 2. The highest BCUT2D eigenvalue weighted by Crippen LogP contribution is 2.33. The Labute approximate surface area is 200 Å². The largest absolute Gasteiger partial charge is 0.325 e. The molecule has 2 aliphatic heterocycles. The number of nitrogens with zero attached hydrogens (tertiary/aromatic N) is 3. The Hall–Kier alpha value is -4.59. The van der Waals surface area contributed by atoms with E-state index in [4.69, 9.17) is 0 Å². The summed E-state index contributed by atoms with van der Waals surface area (Å²) < 4.78 is 13.5. The summed E-state index contributed by atoms with van der Waals surface area (Å²) in [5.41, 5.74) is 5.87. The van der Waals surface area contributed by atoms with E-state index in [1.807, 2.05) is 24.3 Å². The molecule has 2 amide bonds. The molecule has 3 aromatic carbocycles. The third-order valence-corrected chi connectivity index (χ3v) is 6.24. The van der Waals surface area contributed by atoms with Gasteiger partial charge in [0.25, 0.3) is 5.91 Å². The summed E-state index contributed by atoms with van der Waals surface area (Å²) in [7, 11) is 0. The molecule has 7 nitrogen and oxygen atoms in total. The Morgan fingerprint density at radius 2 is 1.86 bits per heavy atom. The Kier molecular flexibility index (Phi) is 4.99. The maximum Gasteiger partial charge on any atom is 0.258 e. The number of benzene rings is 3. The molecule has 4 aromatic rings. The number of rotatable bonds is 3. The molecule has 0 unspecified atom stereocenters. The maximum atomic E-state index is 13.5. The molecule has 6 rings (SSSR count). The molecule has 0 bridgehead atoms. The first kappa shape index (κ1) is 21.0. The minimum atomic E-state index is -0.292. The lowest BCUT2D eigenvalue weighted by atomic mass is 10.1. The van der Waals surface area contributed by atoms with Gasteiger partial charge in [0.05, 0.1) is 17.8 Å². The predicted octanol–water partition coefficient (Wildman–Crippen LogP) is 4.72. The second kappa shape index (κ2) is 8.32. The van der Waals surface area contributed by atoms with Gasteiger partial charge in [0.1, 0.15) is 5.82 Å². The average Bonchev–Trinajstić information content (AvgIpc) is 3.22. The summed E-state index contributed by atoms with van der Waals surface area (Å²) in [5, 5.41) is 6.09. The second-order valence-electron chi connectivity index (χ2n) is 8.52. The predicted molar refractivity (Wildman–Crippen MR) is 131 cm³/mol. The second-order valence-corrected chi connectivity index (χ2v) is 8.52. The fourth-order valence-electron chi connectivity index (χ4n) is 4.56. The quantitative estimate of drug-likeness (QED) is 0.457. The lowest BCUT2D eigenvalue weighted by Crippen LogP contribution is -2.28. The van der Waals surface area contributed by atoms with Crippen molar-refractivity contribution >= 4 is 34.8 Å². The zero-order valence-electron chi connectivity index (χ0n) is 18.6. The molecular weight excluding hydrogens is 445 g/mol. The van der Waals surface area contributed by atoms with E-state index in [-0.39, 0.29) is 24.1 Å². The topological polar surface area (TPSA) is 87.2 Å². The van der Waals surface area contributed by atoms with E-state index < -0.39 is 0 Å². The van der Waals surface area contributed by atoms with Crippen LogP contribution in [0.4, 0.5) is 27.4 Å². The number of fused-ring (bicyclic) bond motifs is 4. The lowest BCUT2D eigenvalue weighted by Gasteiger charge is -2.17. The maximum absolute atomic E-state index is 13.5. The highest BCUT2D eigenvalue weighted by Gasteiger charge is 2.26. The van der Waals surface area contributed by atoms with Gasteiger partial charge in [-0.25, -0.2) is 14.4 Å². The van der Waals surface area contributed by atoms with Crippen LogP contribution in [0.5, 0.6) is 0 Å². The molecule has 0 aliphatic carbocycles. The van der Waals surface area contributed by atoms with Gasteiger partial charge in [0, 0.05) is 40.8 Å². The van der Waals surface area contributed by atoms with Crippen molar-refractivity contribution in [2.45, 2.75) is 12.8 Å². The number of para-hydroxylation sites is 1. The van der Waals surface area contributed by atoms with Crippen LogP contribution in [0.2, 0.25) is 0 Å². The van der Waals surface area contributed by atoms with Gasteiger partial charge in [0.15, 0.2) is 0 Å². The van der Waals surface area contributed by atoms with Gasteiger partial charge in [-0.3, -0.25) is 9.59 Å². The van der Waals surface area contributed by atoms with E-state index >= 15 is 0 Å². The van der Waals surface area contributed by atoms with Crippen LogP contribution in [-0.4, -0.2) is 28.3 Å². The van der Waals surface area contributed by atoms with Gasteiger partial charge in [0.2, 0.25) is 11.9 Å². The van der Waals surface area contributed by atoms with Gasteiger partial charge in [-0.05, 0) is 60.5 Å². The van der Waals surface area contributed by atoms with Gasteiger partial charge < -0.3 is 15.5 Å². The average molecular weight is 465 g/mol. The summed E-state index contributed by atoms with van der Waals surface area (Å²) in [4.78, 5) is 36.0. The number of carbonyl (C=O) groups excluding carboxylic acids is 2. The molecule has 0 fully saturated rings. The molecule has 3 heterocycles. The lowest BCUT2D eigenvalue weighted by molar-refractivity contribution is -0.115. The summed E-state index contributed by atoms with van der Waals surface area (Å²) in [6.07, 6.45) is 2.50. The molecule has 0 saturated carbocycles. The number of halogens is 1. The van der Waals surface area contributed by atoms with Crippen molar-refractivity contribution < 1.29 is 14.0 Å². The van der Waals surface area contributed by atoms with Crippen molar-refractivity contribution in [2.24, 2.45) is 0 Å². The summed E-state index contributed by atoms with van der Waals surface area (Å²) in [5.74, 6) is -0.134. The summed E-state index contributed by atoms with van der Waals surface area (Å²) in [6, 6.07) is 19.1. The number of anilines is 4. The third kappa shape index (κ3) is 3.89. The van der Waals surface area contributed by atoms with Gasteiger partial charge in [-0.2, -0.15) is 0 Å². The normalized spacial score (nSPS) is 13.9. The number of hydrogen-bond acceptors (Lipinski definition) is 5. The van der Waals surface area contributed by atoms with Crippen molar-refractivity contribution in [3.63, 3.8) is 0 Å². The Bertz CT molecular complexity index is 1490. The molecule has 0 radical (unpaired) electrons. The van der Waals surface area contributed by atoms with Crippen molar-refractivity contribution in [1.29, 1.82) is 0 Å². The first-order valence-electron chi connectivity index (χ1n) is 11.3. The van der Waals surface area contributed by atoms with Crippen LogP contribution in [0.1, 0.15) is 21.5 Å².